The Labute approximate surface area is 120 Å². The Morgan fingerprint density at radius 3 is 2.55 bits per heavy atom. The van der Waals surface area contributed by atoms with Crippen LogP contribution in [0.5, 0.6) is 5.75 Å². The molecule has 1 aliphatic heterocycles. The maximum Gasteiger partial charge on any atom is 0.263 e. The van der Waals surface area contributed by atoms with Crippen LogP contribution in [-0.4, -0.2) is 35.0 Å². The first-order valence-corrected chi connectivity index (χ1v) is 7.26. The minimum Gasteiger partial charge on any atom is -0.477 e. The van der Waals surface area contributed by atoms with Gasteiger partial charge in [0.05, 0.1) is 0 Å². The van der Waals surface area contributed by atoms with Gasteiger partial charge < -0.3 is 15.4 Å². The molecular formula is C15H23N3O2. The lowest BCUT2D eigenvalue weighted by Crippen LogP contribution is -2.41. The van der Waals surface area contributed by atoms with E-state index in [1.165, 1.54) is 12.8 Å². The Balaban J connectivity index is 1.99. The molecule has 5 nitrogen and oxygen atoms in total. The average molecular weight is 277 g/mol. The van der Waals surface area contributed by atoms with Gasteiger partial charge >= 0.3 is 0 Å². The molecule has 5 heteroatoms. The summed E-state index contributed by atoms with van der Waals surface area (Å²) in [7, 11) is 0. The Morgan fingerprint density at radius 2 is 1.95 bits per heavy atom. The zero-order valence-electron chi connectivity index (χ0n) is 12.3. The third-order valence-electron chi connectivity index (χ3n) is 3.59. The lowest BCUT2D eigenvalue weighted by atomic mass is 10.2. The van der Waals surface area contributed by atoms with Gasteiger partial charge in [0.25, 0.3) is 5.91 Å². The summed E-state index contributed by atoms with van der Waals surface area (Å²) in [5, 5.41) is 0. The molecule has 1 saturated heterocycles. The molecule has 1 atom stereocenters. The van der Waals surface area contributed by atoms with Crippen molar-refractivity contribution in [3.05, 3.63) is 17.8 Å². The third kappa shape index (κ3) is 3.62. The summed E-state index contributed by atoms with van der Waals surface area (Å²) in [5.41, 5.74) is 6.65. The predicted octanol–water partition coefficient (Wildman–Crippen LogP) is 2.14. The molecule has 1 fully saturated rings. The van der Waals surface area contributed by atoms with Gasteiger partial charge in [0.15, 0.2) is 17.7 Å². The van der Waals surface area contributed by atoms with Crippen molar-refractivity contribution < 1.29 is 9.53 Å². The van der Waals surface area contributed by atoms with Crippen molar-refractivity contribution in [3.8, 4) is 5.75 Å². The second-order valence-electron chi connectivity index (χ2n) is 5.34. The fourth-order valence-corrected chi connectivity index (χ4v) is 2.45. The number of nitrogen functional groups attached to an aromatic ring is 1. The molecule has 2 rings (SSSR count). The molecule has 0 aromatic carbocycles. The number of aromatic nitrogens is 1. The van der Waals surface area contributed by atoms with Crippen molar-refractivity contribution in [1.29, 1.82) is 0 Å². The van der Waals surface area contributed by atoms with Crippen LogP contribution in [0.3, 0.4) is 0 Å². The van der Waals surface area contributed by atoms with Crippen molar-refractivity contribution in [1.82, 2.24) is 9.88 Å². The lowest BCUT2D eigenvalue weighted by Gasteiger charge is -2.24. The van der Waals surface area contributed by atoms with Gasteiger partial charge in [-0.25, -0.2) is 4.98 Å². The molecule has 20 heavy (non-hydrogen) atoms. The predicted molar refractivity (Wildman–Crippen MR) is 78.5 cm³/mol. The van der Waals surface area contributed by atoms with Crippen molar-refractivity contribution in [2.75, 3.05) is 18.8 Å². The minimum absolute atomic E-state index is 0.0341. The summed E-state index contributed by atoms with van der Waals surface area (Å²) in [4.78, 5) is 18.4. The largest absolute Gasteiger partial charge is 0.477 e. The molecule has 1 aromatic rings. The molecule has 0 saturated carbocycles. The van der Waals surface area contributed by atoms with Crippen LogP contribution in [-0.2, 0) is 4.79 Å². The highest BCUT2D eigenvalue weighted by Gasteiger charge is 2.23. The number of anilines is 1. The van der Waals surface area contributed by atoms with Crippen LogP contribution >= 0.6 is 0 Å². The van der Waals surface area contributed by atoms with Crippen molar-refractivity contribution >= 4 is 11.7 Å². The number of pyridine rings is 1. The fourth-order valence-electron chi connectivity index (χ4n) is 2.45. The molecule has 1 aromatic heterocycles. The van der Waals surface area contributed by atoms with Crippen molar-refractivity contribution in [3.63, 3.8) is 0 Å². The van der Waals surface area contributed by atoms with Gasteiger partial charge in [0.1, 0.15) is 0 Å². The number of ether oxygens (including phenoxy) is 1. The summed E-state index contributed by atoms with van der Waals surface area (Å²) in [6, 6.07) is 3.60. The maximum atomic E-state index is 12.4. The molecule has 2 N–H and O–H groups in total. The Bertz CT molecular complexity index is 468. The van der Waals surface area contributed by atoms with E-state index in [2.05, 4.69) is 4.98 Å². The van der Waals surface area contributed by atoms with Crippen molar-refractivity contribution in [2.24, 2.45) is 0 Å². The molecule has 0 bridgehead atoms. The van der Waals surface area contributed by atoms with Gasteiger partial charge in [-0.2, -0.15) is 0 Å². The van der Waals surface area contributed by atoms with Crippen LogP contribution < -0.4 is 10.5 Å². The molecule has 1 amide bonds. The van der Waals surface area contributed by atoms with Crippen molar-refractivity contribution in [2.45, 2.75) is 45.6 Å². The van der Waals surface area contributed by atoms with E-state index in [1.54, 1.807) is 13.0 Å². The van der Waals surface area contributed by atoms with Gasteiger partial charge in [0, 0.05) is 18.8 Å². The molecule has 110 valence electrons. The Morgan fingerprint density at radius 1 is 1.30 bits per heavy atom. The topological polar surface area (TPSA) is 68.5 Å². The molecule has 1 unspecified atom stereocenters. The van der Waals surface area contributed by atoms with Crippen LogP contribution in [0.25, 0.3) is 0 Å². The Kier molecular flexibility index (Phi) is 4.82. The van der Waals surface area contributed by atoms with E-state index in [-0.39, 0.29) is 5.91 Å². The number of nitrogens with zero attached hydrogens (tertiary/aromatic N) is 2. The summed E-state index contributed by atoms with van der Waals surface area (Å²) in [6.07, 6.45) is 4.03. The number of carbonyl (C=O) groups is 1. The number of rotatable bonds is 3. The second-order valence-corrected chi connectivity index (χ2v) is 5.34. The molecule has 0 radical (unpaired) electrons. The zero-order chi connectivity index (χ0) is 14.5. The maximum absolute atomic E-state index is 12.4. The standard InChI is InChI=1S/C15H23N3O2/c1-11-7-8-13(14(16)17-11)20-12(2)15(19)18-9-5-3-4-6-10-18/h7-8,12H,3-6,9-10H2,1-2H3,(H2,16,17). The van der Waals surface area contributed by atoms with Crippen LogP contribution in [0.4, 0.5) is 5.82 Å². The highest BCUT2D eigenvalue weighted by molar-refractivity contribution is 5.81. The van der Waals surface area contributed by atoms with Gasteiger partial charge in [-0.05, 0) is 38.8 Å². The number of carbonyl (C=O) groups excluding carboxylic acids is 1. The number of aryl methyl sites for hydroxylation is 1. The average Bonchev–Trinajstić information content (AvgIpc) is 2.70. The van der Waals surface area contributed by atoms with E-state index >= 15 is 0 Å². The number of nitrogens with two attached hydrogens (primary N) is 1. The molecular weight excluding hydrogens is 254 g/mol. The monoisotopic (exact) mass is 277 g/mol. The Hall–Kier alpha value is -1.78. The molecule has 2 heterocycles. The van der Waals surface area contributed by atoms with Crippen LogP contribution in [0, 0.1) is 6.92 Å². The fraction of sp³-hybridized carbons (Fsp3) is 0.600. The summed E-state index contributed by atoms with van der Waals surface area (Å²) in [5.74, 6) is 0.846. The van der Waals surface area contributed by atoms with E-state index < -0.39 is 6.10 Å². The number of hydrogen-bond acceptors (Lipinski definition) is 4. The molecule has 0 aliphatic carbocycles. The minimum atomic E-state index is -0.528. The van der Waals surface area contributed by atoms with Gasteiger partial charge in [-0.3, -0.25) is 4.79 Å². The third-order valence-corrected chi connectivity index (χ3v) is 3.59. The van der Waals surface area contributed by atoms with E-state index in [0.717, 1.165) is 31.6 Å². The van der Waals surface area contributed by atoms with Gasteiger partial charge in [-0.15, -0.1) is 0 Å². The number of hydrogen-bond donors (Lipinski definition) is 1. The lowest BCUT2D eigenvalue weighted by molar-refractivity contribution is -0.137. The zero-order valence-corrected chi connectivity index (χ0v) is 12.3. The van der Waals surface area contributed by atoms with E-state index in [0.29, 0.717) is 11.6 Å². The summed E-state index contributed by atoms with van der Waals surface area (Å²) >= 11 is 0. The van der Waals surface area contributed by atoms with E-state index in [1.807, 2.05) is 17.9 Å². The first kappa shape index (κ1) is 14.6. The van der Waals surface area contributed by atoms with Crippen LogP contribution in [0.1, 0.15) is 38.3 Å². The molecule has 1 aliphatic rings. The van der Waals surface area contributed by atoms with Gasteiger partial charge in [0.2, 0.25) is 0 Å². The first-order valence-electron chi connectivity index (χ1n) is 7.26. The molecule has 0 spiro atoms. The highest BCUT2D eigenvalue weighted by Crippen LogP contribution is 2.21. The number of amides is 1. The highest BCUT2D eigenvalue weighted by atomic mass is 16.5. The van der Waals surface area contributed by atoms with E-state index in [9.17, 15) is 4.79 Å². The van der Waals surface area contributed by atoms with Gasteiger partial charge in [-0.1, -0.05) is 12.8 Å². The SMILES string of the molecule is Cc1ccc(OC(C)C(=O)N2CCCCCC2)c(N)n1. The second kappa shape index (κ2) is 6.59. The smallest absolute Gasteiger partial charge is 0.263 e. The number of likely N-dealkylation sites (tertiary alicyclic amines) is 1. The van der Waals surface area contributed by atoms with E-state index in [4.69, 9.17) is 10.5 Å². The van der Waals surface area contributed by atoms with Crippen LogP contribution in [0.2, 0.25) is 0 Å². The quantitative estimate of drug-likeness (QED) is 0.919. The van der Waals surface area contributed by atoms with Crippen LogP contribution in [0.15, 0.2) is 12.1 Å². The normalized spacial score (nSPS) is 17.4. The summed E-state index contributed by atoms with van der Waals surface area (Å²) < 4.78 is 5.68. The first-order chi connectivity index (χ1) is 9.58. The summed E-state index contributed by atoms with van der Waals surface area (Å²) in [6.45, 7) is 5.29.